The molecule has 0 aliphatic heterocycles. The van der Waals surface area contributed by atoms with E-state index in [1.54, 1.807) is 13.8 Å². The topological polar surface area (TPSA) is 46.2 Å². The van der Waals surface area contributed by atoms with Gasteiger partial charge < -0.3 is 5.32 Å². The quantitative estimate of drug-likeness (QED) is 0.716. The Morgan fingerprint density at radius 1 is 1.33 bits per heavy atom. The van der Waals surface area contributed by atoms with Gasteiger partial charge in [0.25, 0.3) is 5.91 Å². The number of rotatable bonds is 6. The summed E-state index contributed by atoms with van der Waals surface area (Å²) >= 11 is 5.36. The van der Waals surface area contributed by atoms with Crippen LogP contribution in [0.1, 0.15) is 13.8 Å². The molecule has 0 aliphatic rings. The van der Waals surface area contributed by atoms with Gasteiger partial charge in [0.15, 0.2) is 5.78 Å². The Balaban J connectivity index is 4.20. The van der Waals surface area contributed by atoms with Crippen molar-refractivity contribution in [1.29, 1.82) is 0 Å². The normalized spacial score (nSPS) is 13.0. The lowest BCUT2D eigenvalue weighted by Gasteiger charge is -2.18. The van der Waals surface area contributed by atoms with Gasteiger partial charge in [-0.25, -0.2) is 0 Å². The molecule has 0 fully saturated rings. The largest absolute Gasteiger partial charge is 0.350 e. The Morgan fingerprint density at radius 3 is 2.20 bits per heavy atom. The highest BCUT2D eigenvalue weighted by Crippen LogP contribution is 2.12. The van der Waals surface area contributed by atoms with Gasteiger partial charge >= 0.3 is 6.43 Å². The van der Waals surface area contributed by atoms with Crippen LogP contribution in [0.15, 0.2) is 0 Å². The molecule has 0 aliphatic carbocycles. The number of halogens is 3. The molecule has 0 bridgehead atoms. The zero-order chi connectivity index (χ0) is 12.0. The molecule has 0 heterocycles. The summed E-state index contributed by atoms with van der Waals surface area (Å²) in [5.41, 5.74) is 0. The molecular weight excluding hydrogens is 228 g/mol. The van der Waals surface area contributed by atoms with Crippen molar-refractivity contribution < 1.29 is 18.4 Å². The summed E-state index contributed by atoms with van der Waals surface area (Å²) in [6.45, 7) is 3.44. The number of hydrogen-bond acceptors (Lipinski definition) is 2. The molecule has 15 heavy (non-hydrogen) atoms. The number of nitrogens with one attached hydrogen (secondary N) is 1. The molecule has 0 aromatic carbocycles. The molecule has 0 spiro atoms. The van der Waals surface area contributed by atoms with Crippen LogP contribution in [0.25, 0.3) is 0 Å². The second-order valence-corrected chi connectivity index (χ2v) is 3.76. The van der Waals surface area contributed by atoms with E-state index in [1.807, 2.05) is 5.32 Å². The highest BCUT2D eigenvalue weighted by Gasteiger charge is 2.23. The fraction of sp³-hybridized carbons (Fsp3) is 0.778. The monoisotopic (exact) mass is 241 g/mol. The molecule has 88 valence electrons. The maximum absolute atomic E-state index is 11.8. The van der Waals surface area contributed by atoms with Crippen LogP contribution in [0.2, 0.25) is 0 Å². The van der Waals surface area contributed by atoms with Crippen molar-refractivity contribution in [1.82, 2.24) is 5.32 Å². The SMILES string of the molecule is CC(C)C(CNC(=O)C(F)F)C(=O)CCl. The summed E-state index contributed by atoms with van der Waals surface area (Å²) < 4.78 is 23.7. The first-order valence-corrected chi connectivity index (χ1v) is 5.08. The van der Waals surface area contributed by atoms with Crippen LogP contribution in [0.4, 0.5) is 8.78 Å². The minimum Gasteiger partial charge on any atom is -0.350 e. The second-order valence-electron chi connectivity index (χ2n) is 3.50. The van der Waals surface area contributed by atoms with E-state index >= 15 is 0 Å². The van der Waals surface area contributed by atoms with E-state index in [9.17, 15) is 18.4 Å². The molecule has 0 saturated carbocycles. The summed E-state index contributed by atoms with van der Waals surface area (Å²) in [4.78, 5) is 21.8. The number of alkyl halides is 3. The highest BCUT2D eigenvalue weighted by molar-refractivity contribution is 6.27. The first kappa shape index (κ1) is 14.3. The van der Waals surface area contributed by atoms with Crippen LogP contribution in [0, 0.1) is 11.8 Å². The minimum absolute atomic E-state index is 0.0470. The van der Waals surface area contributed by atoms with Crippen LogP contribution in [-0.4, -0.2) is 30.5 Å². The molecule has 0 radical (unpaired) electrons. The van der Waals surface area contributed by atoms with Crippen molar-refractivity contribution in [3.8, 4) is 0 Å². The number of hydrogen-bond donors (Lipinski definition) is 1. The molecule has 1 amide bonds. The van der Waals surface area contributed by atoms with Gasteiger partial charge in [-0.15, -0.1) is 11.6 Å². The van der Waals surface area contributed by atoms with Crippen molar-refractivity contribution in [2.75, 3.05) is 12.4 Å². The summed E-state index contributed by atoms with van der Waals surface area (Å²) in [5, 5.41) is 2.01. The molecule has 1 unspecified atom stereocenters. The average molecular weight is 242 g/mol. The number of ketones is 1. The summed E-state index contributed by atoms with van der Waals surface area (Å²) in [5.74, 6) is -2.34. The maximum Gasteiger partial charge on any atom is 0.315 e. The maximum atomic E-state index is 11.8. The lowest BCUT2D eigenvalue weighted by atomic mass is 9.92. The molecule has 1 atom stereocenters. The van der Waals surface area contributed by atoms with E-state index in [2.05, 4.69) is 0 Å². The van der Waals surface area contributed by atoms with E-state index in [-0.39, 0.29) is 24.1 Å². The predicted octanol–water partition coefficient (Wildman–Crippen LogP) is 1.45. The van der Waals surface area contributed by atoms with Crippen molar-refractivity contribution in [3.05, 3.63) is 0 Å². The Kier molecular flexibility index (Phi) is 6.40. The fourth-order valence-electron chi connectivity index (χ4n) is 1.11. The number of carbonyl (C=O) groups is 2. The fourth-order valence-corrected chi connectivity index (χ4v) is 1.31. The molecule has 0 rings (SSSR count). The lowest BCUT2D eigenvalue weighted by molar-refractivity contribution is -0.132. The predicted molar refractivity (Wildman–Crippen MR) is 53.1 cm³/mol. The third-order valence-corrected chi connectivity index (χ3v) is 2.31. The van der Waals surface area contributed by atoms with E-state index in [4.69, 9.17) is 11.6 Å². The average Bonchev–Trinajstić information content (AvgIpc) is 2.16. The molecule has 3 nitrogen and oxygen atoms in total. The molecule has 0 saturated heterocycles. The van der Waals surface area contributed by atoms with Crippen LogP contribution in [0.5, 0.6) is 0 Å². The number of Topliss-reactive ketones (excluding diaryl/α,β-unsaturated/α-hetero) is 1. The van der Waals surface area contributed by atoms with Crippen LogP contribution < -0.4 is 5.32 Å². The third-order valence-electron chi connectivity index (χ3n) is 2.04. The second kappa shape index (κ2) is 6.71. The van der Waals surface area contributed by atoms with Crippen molar-refractivity contribution in [2.45, 2.75) is 20.3 Å². The summed E-state index contributed by atoms with van der Waals surface area (Å²) in [7, 11) is 0. The lowest BCUT2D eigenvalue weighted by Crippen LogP contribution is -2.38. The van der Waals surface area contributed by atoms with Gasteiger partial charge in [-0.1, -0.05) is 13.8 Å². The van der Waals surface area contributed by atoms with E-state index in [1.165, 1.54) is 0 Å². The van der Waals surface area contributed by atoms with Gasteiger partial charge in [0.2, 0.25) is 0 Å². The van der Waals surface area contributed by atoms with Gasteiger partial charge in [-0.3, -0.25) is 9.59 Å². The highest BCUT2D eigenvalue weighted by atomic mass is 35.5. The number of carbonyl (C=O) groups excluding carboxylic acids is 2. The summed E-state index contributed by atoms with van der Waals surface area (Å²) in [6, 6.07) is 0. The smallest absolute Gasteiger partial charge is 0.315 e. The van der Waals surface area contributed by atoms with Crippen molar-refractivity contribution in [3.63, 3.8) is 0 Å². The van der Waals surface area contributed by atoms with Crippen LogP contribution in [-0.2, 0) is 9.59 Å². The van der Waals surface area contributed by atoms with Crippen LogP contribution >= 0.6 is 11.6 Å². The van der Waals surface area contributed by atoms with Crippen LogP contribution in [0.3, 0.4) is 0 Å². The standard InChI is InChI=1S/C9H14ClF2NO2/c1-5(2)6(7(14)3-10)4-13-9(15)8(11)12/h5-6,8H,3-4H2,1-2H3,(H,13,15). The zero-order valence-electron chi connectivity index (χ0n) is 8.60. The Morgan fingerprint density at radius 2 is 1.87 bits per heavy atom. The molecular formula is C9H14ClF2NO2. The van der Waals surface area contributed by atoms with Gasteiger partial charge in [-0.05, 0) is 5.92 Å². The van der Waals surface area contributed by atoms with E-state index < -0.39 is 18.3 Å². The molecule has 1 N–H and O–H groups in total. The van der Waals surface area contributed by atoms with Gasteiger partial charge in [0, 0.05) is 12.5 Å². The van der Waals surface area contributed by atoms with Crippen molar-refractivity contribution >= 4 is 23.3 Å². The van der Waals surface area contributed by atoms with E-state index in [0.29, 0.717) is 0 Å². The van der Waals surface area contributed by atoms with Crippen molar-refractivity contribution in [2.24, 2.45) is 11.8 Å². The Bertz CT molecular complexity index is 234. The Labute approximate surface area is 92.2 Å². The first-order chi connectivity index (χ1) is 6.90. The number of amides is 1. The molecule has 6 heteroatoms. The zero-order valence-corrected chi connectivity index (χ0v) is 9.35. The molecule has 0 aromatic heterocycles. The van der Waals surface area contributed by atoms with Gasteiger partial charge in [-0.2, -0.15) is 8.78 Å². The van der Waals surface area contributed by atoms with E-state index in [0.717, 1.165) is 0 Å². The third kappa shape index (κ3) is 5.06. The Hall–Kier alpha value is -0.710. The van der Waals surface area contributed by atoms with Gasteiger partial charge in [0.1, 0.15) is 0 Å². The summed E-state index contributed by atoms with van der Waals surface area (Å²) in [6.07, 6.45) is -3.05. The minimum atomic E-state index is -3.05. The molecule has 0 aromatic rings. The van der Waals surface area contributed by atoms with Gasteiger partial charge in [0.05, 0.1) is 5.88 Å². The first-order valence-electron chi connectivity index (χ1n) is 4.54.